The van der Waals surface area contributed by atoms with E-state index in [1.807, 2.05) is 20.8 Å². The second-order valence-electron chi connectivity index (χ2n) is 6.51. The molecule has 1 aliphatic heterocycles. The van der Waals surface area contributed by atoms with Gasteiger partial charge < -0.3 is 28.7 Å². The maximum atomic E-state index is 12.0. The summed E-state index contributed by atoms with van der Waals surface area (Å²) in [6, 6.07) is 0. The fourth-order valence-electron chi connectivity index (χ4n) is 2.08. The molecule has 1 aliphatic rings. The smallest absolute Gasteiger partial charge is 0.410 e. The first kappa shape index (κ1) is 20.7. The van der Waals surface area contributed by atoms with E-state index in [-0.39, 0.29) is 18.6 Å². The molecule has 0 unspecified atom stereocenters. The van der Waals surface area contributed by atoms with E-state index in [0.29, 0.717) is 52.6 Å². The predicted molar refractivity (Wildman–Crippen MR) is 87.9 cm³/mol. The highest BCUT2D eigenvalue weighted by molar-refractivity contribution is 5.78. The topological polar surface area (TPSA) is 77.5 Å². The summed E-state index contributed by atoms with van der Waals surface area (Å²) in [6.07, 6.45) is -0.334. The molecule has 0 aromatic heterocycles. The Morgan fingerprint density at radius 2 is 1.42 bits per heavy atom. The second kappa shape index (κ2) is 10.5. The Morgan fingerprint density at radius 3 is 2.00 bits per heavy atom. The Morgan fingerprint density at radius 1 is 0.875 bits per heavy atom. The Kier molecular flexibility index (Phi) is 9.02. The summed E-state index contributed by atoms with van der Waals surface area (Å²) < 4.78 is 20.7. The van der Waals surface area contributed by atoms with Crippen LogP contribution in [0.1, 0.15) is 20.8 Å². The normalized spacial score (nSPS) is 15.5. The van der Waals surface area contributed by atoms with Crippen LogP contribution in [0.2, 0.25) is 0 Å². The molecule has 0 aromatic carbocycles. The van der Waals surface area contributed by atoms with Gasteiger partial charge in [-0.15, -0.1) is 0 Å². The first-order chi connectivity index (χ1) is 11.3. The summed E-state index contributed by atoms with van der Waals surface area (Å²) in [5.74, 6) is -0.0734. The summed E-state index contributed by atoms with van der Waals surface area (Å²) in [5, 5.41) is 0. The van der Waals surface area contributed by atoms with Crippen LogP contribution in [-0.4, -0.2) is 93.7 Å². The molecule has 8 heteroatoms. The molecule has 1 heterocycles. The number of rotatable bonds is 8. The van der Waals surface area contributed by atoms with Crippen LogP contribution in [0.4, 0.5) is 4.79 Å². The number of carbonyl (C=O) groups excluding carboxylic acids is 2. The van der Waals surface area contributed by atoms with Crippen molar-refractivity contribution in [2.45, 2.75) is 26.4 Å². The third-order valence-electron chi connectivity index (χ3n) is 3.31. The molecule has 0 spiro atoms. The van der Waals surface area contributed by atoms with Gasteiger partial charge in [-0.1, -0.05) is 0 Å². The van der Waals surface area contributed by atoms with Crippen LogP contribution < -0.4 is 0 Å². The Bertz CT molecular complexity index is 389. The molecule has 0 aromatic rings. The Hall–Kier alpha value is -1.38. The standard InChI is InChI=1S/C16H30N2O6/c1-16(2,3)24-15(20)18-7-5-17(6-8-18)14(19)13-23-12-11-22-10-9-21-4/h5-13H2,1-4H3. The summed E-state index contributed by atoms with van der Waals surface area (Å²) in [7, 11) is 1.61. The highest BCUT2D eigenvalue weighted by atomic mass is 16.6. The molecule has 0 atom stereocenters. The lowest BCUT2D eigenvalue weighted by Crippen LogP contribution is -2.52. The highest BCUT2D eigenvalue weighted by Crippen LogP contribution is 2.11. The lowest BCUT2D eigenvalue weighted by molar-refractivity contribution is -0.138. The van der Waals surface area contributed by atoms with E-state index in [1.165, 1.54) is 0 Å². The first-order valence-corrected chi connectivity index (χ1v) is 8.23. The molecular formula is C16H30N2O6. The molecule has 1 fully saturated rings. The van der Waals surface area contributed by atoms with E-state index < -0.39 is 5.60 Å². The van der Waals surface area contributed by atoms with E-state index in [4.69, 9.17) is 18.9 Å². The van der Waals surface area contributed by atoms with Gasteiger partial charge in [0.2, 0.25) is 5.91 Å². The third-order valence-corrected chi connectivity index (χ3v) is 3.31. The second-order valence-corrected chi connectivity index (χ2v) is 6.51. The minimum Gasteiger partial charge on any atom is -0.444 e. The maximum absolute atomic E-state index is 12.0. The SMILES string of the molecule is COCCOCCOCC(=O)N1CCN(C(=O)OC(C)(C)C)CC1. The number of hydrogen-bond donors (Lipinski definition) is 0. The summed E-state index contributed by atoms with van der Waals surface area (Å²) >= 11 is 0. The van der Waals surface area contributed by atoms with Crippen LogP contribution in [0.15, 0.2) is 0 Å². The molecule has 2 amide bonds. The fourth-order valence-corrected chi connectivity index (χ4v) is 2.08. The van der Waals surface area contributed by atoms with Crippen molar-refractivity contribution in [3.63, 3.8) is 0 Å². The summed E-state index contributed by atoms with van der Waals surface area (Å²) in [6.45, 7) is 9.32. The molecular weight excluding hydrogens is 316 g/mol. The molecule has 0 aliphatic carbocycles. The number of nitrogens with zero attached hydrogens (tertiary/aromatic N) is 2. The van der Waals surface area contributed by atoms with E-state index in [2.05, 4.69) is 0 Å². The lowest BCUT2D eigenvalue weighted by atomic mass is 10.2. The van der Waals surface area contributed by atoms with Crippen molar-refractivity contribution in [2.75, 3.05) is 66.3 Å². The van der Waals surface area contributed by atoms with Crippen LogP contribution in [0, 0.1) is 0 Å². The zero-order valence-corrected chi connectivity index (χ0v) is 15.2. The molecule has 140 valence electrons. The number of hydrogen-bond acceptors (Lipinski definition) is 6. The van der Waals surface area contributed by atoms with E-state index in [1.54, 1.807) is 16.9 Å². The molecule has 0 N–H and O–H groups in total. The maximum Gasteiger partial charge on any atom is 0.410 e. The summed E-state index contributed by atoms with van der Waals surface area (Å²) in [5.41, 5.74) is -0.511. The van der Waals surface area contributed by atoms with Gasteiger partial charge in [-0.05, 0) is 20.8 Å². The zero-order valence-electron chi connectivity index (χ0n) is 15.2. The highest BCUT2D eigenvalue weighted by Gasteiger charge is 2.27. The van der Waals surface area contributed by atoms with Gasteiger partial charge in [-0.3, -0.25) is 4.79 Å². The minimum atomic E-state index is -0.511. The van der Waals surface area contributed by atoms with Gasteiger partial charge in [-0.2, -0.15) is 0 Å². The number of ether oxygens (including phenoxy) is 4. The average molecular weight is 346 g/mol. The molecule has 0 radical (unpaired) electrons. The van der Waals surface area contributed by atoms with E-state index >= 15 is 0 Å². The van der Waals surface area contributed by atoms with E-state index in [9.17, 15) is 9.59 Å². The number of methoxy groups -OCH3 is 1. The molecule has 0 saturated carbocycles. The third kappa shape index (κ3) is 8.47. The van der Waals surface area contributed by atoms with Crippen molar-refractivity contribution < 1.29 is 28.5 Å². The minimum absolute atomic E-state index is 0.0279. The van der Waals surface area contributed by atoms with Crippen LogP contribution in [0.3, 0.4) is 0 Å². The Labute approximate surface area is 144 Å². The van der Waals surface area contributed by atoms with Crippen molar-refractivity contribution in [1.82, 2.24) is 9.80 Å². The van der Waals surface area contributed by atoms with Crippen molar-refractivity contribution in [3.8, 4) is 0 Å². The molecule has 1 rings (SSSR count). The van der Waals surface area contributed by atoms with Gasteiger partial charge in [0.1, 0.15) is 12.2 Å². The first-order valence-electron chi connectivity index (χ1n) is 8.23. The van der Waals surface area contributed by atoms with Crippen molar-refractivity contribution in [2.24, 2.45) is 0 Å². The number of carbonyl (C=O) groups is 2. The van der Waals surface area contributed by atoms with Gasteiger partial charge in [0.25, 0.3) is 0 Å². The van der Waals surface area contributed by atoms with Crippen molar-refractivity contribution in [1.29, 1.82) is 0 Å². The zero-order chi connectivity index (χ0) is 18.0. The number of amides is 2. The largest absolute Gasteiger partial charge is 0.444 e. The number of piperazine rings is 1. The van der Waals surface area contributed by atoms with Gasteiger partial charge in [0.15, 0.2) is 0 Å². The Balaban J connectivity index is 2.15. The van der Waals surface area contributed by atoms with Gasteiger partial charge >= 0.3 is 6.09 Å². The fraction of sp³-hybridized carbons (Fsp3) is 0.875. The lowest BCUT2D eigenvalue weighted by Gasteiger charge is -2.35. The van der Waals surface area contributed by atoms with Crippen LogP contribution in [0.25, 0.3) is 0 Å². The van der Waals surface area contributed by atoms with Gasteiger partial charge in [0, 0.05) is 33.3 Å². The van der Waals surface area contributed by atoms with Crippen LogP contribution >= 0.6 is 0 Å². The average Bonchev–Trinajstić information content (AvgIpc) is 2.52. The van der Waals surface area contributed by atoms with Crippen molar-refractivity contribution in [3.05, 3.63) is 0 Å². The van der Waals surface area contributed by atoms with Crippen LogP contribution in [0.5, 0.6) is 0 Å². The molecule has 8 nitrogen and oxygen atoms in total. The van der Waals surface area contributed by atoms with Gasteiger partial charge in [-0.25, -0.2) is 4.79 Å². The molecule has 24 heavy (non-hydrogen) atoms. The predicted octanol–water partition coefficient (Wildman–Crippen LogP) is 0.745. The quantitative estimate of drug-likeness (QED) is 0.604. The monoisotopic (exact) mass is 346 g/mol. The summed E-state index contributed by atoms with van der Waals surface area (Å²) in [4.78, 5) is 27.3. The molecule has 1 saturated heterocycles. The van der Waals surface area contributed by atoms with Gasteiger partial charge in [0.05, 0.1) is 26.4 Å². The van der Waals surface area contributed by atoms with E-state index in [0.717, 1.165) is 0 Å². The van der Waals surface area contributed by atoms with Crippen molar-refractivity contribution >= 4 is 12.0 Å². The molecule has 0 bridgehead atoms. The van der Waals surface area contributed by atoms with Crippen LogP contribution in [-0.2, 0) is 23.7 Å².